The van der Waals surface area contributed by atoms with Crippen LogP contribution in [0.15, 0.2) is 10.9 Å². The summed E-state index contributed by atoms with van der Waals surface area (Å²) in [6.45, 7) is 7.72. The van der Waals surface area contributed by atoms with Crippen LogP contribution in [0.3, 0.4) is 0 Å². The van der Waals surface area contributed by atoms with Gasteiger partial charge in [0.25, 0.3) is 5.56 Å². The molecule has 0 saturated carbocycles. The van der Waals surface area contributed by atoms with Gasteiger partial charge in [0.15, 0.2) is 0 Å². The Morgan fingerprint density at radius 3 is 2.71 bits per heavy atom. The number of esters is 1. The van der Waals surface area contributed by atoms with Crippen LogP contribution in [-0.4, -0.2) is 20.6 Å². The number of nitrogens with zero attached hydrogens (tertiary/aromatic N) is 3. The number of hydrogen-bond acceptors (Lipinski definition) is 6. The first-order valence-corrected chi connectivity index (χ1v) is 7.73. The van der Waals surface area contributed by atoms with Crippen LogP contribution in [0.4, 0.5) is 0 Å². The van der Waals surface area contributed by atoms with E-state index in [9.17, 15) is 9.59 Å². The Kier molecular flexibility index (Phi) is 4.72. The highest BCUT2D eigenvalue weighted by atomic mass is 32.1. The fourth-order valence-corrected chi connectivity index (χ4v) is 2.84. The van der Waals surface area contributed by atoms with Gasteiger partial charge in [-0.1, -0.05) is 39.0 Å². The Hall–Kier alpha value is -1.76. The molecule has 0 saturated heterocycles. The Labute approximate surface area is 126 Å². The number of rotatable bonds is 5. The molecule has 21 heavy (non-hydrogen) atoms. The summed E-state index contributed by atoms with van der Waals surface area (Å²) in [5.74, 6) is -0.0367. The lowest BCUT2D eigenvalue weighted by Gasteiger charge is -2.05. The van der Waals surface area contributed by atoms with Crippen molar-refractivity contribution in [2.75, 3.05) is 0 Å². The molecule has 2 heterocycles. The number of aromatic nitrogens is 3. The van der Waals surface area contributed by atoms with E-state index in [0.717, 1.165) is 11.4 Å². The van der Waals surface area contributed by atoms with E-state index in [1.54, 1.807) is 13.8 Å². The predicted octanol–water partition coefficient (Wildman–Crippen LogP) is 2.05. The standard InChI is InChI=1S/C14H19N3O3S/c1-8(2)5-11-16-17-12(18)6-10(15-14(17)21-11)7-20-13(19)9(3)4/h6,8-9H,5,7H2,1-4H3. The third-order valence-corrected chi connectivity index (χ3v) is 3.69. The molecule has 0 aliphatic carbocycles. The predicted molar refractivity (Wildman–Crippen MR) is 80.3 cm³/mol. The van der Waals surface area contributed by atoms with Gasteiger partial charge < -0.3 is 4.74 Å². The maximum atomic E-state index is 12.0. The smallest absolute Gasteiger partial charge is 0.308 e. The minimum absolute atomic E-state index is 0.0141. The van der Waals surface area contributed by atoms with Gasteiger partial charge in [-0.05, 0) is 5.92 Å². The second-order valence-electron chi connectivity index (χ2n) is 5.64. The third kappa shape index (κ3) is 3.87. The number of hydrogen-bond donors (Lipinski definition) is 0. The molecule has 114 valence electrons. The minimum atomic E-state index is -0.304. The van der Waals surface area contributed by atoms with E-state index in [1.807, 2.05) is 0 Å². The zero-order valence-electron chi connectivity index (χ0n) is 12.6. The highest BCUT2D eigenvalue weighted by Crippen LogP contribution is 2.15. The summed E-state index contributed by atoms with van der Waals surface area (Å²) in [6.07, 6.45) is 0.811. The molecule has 0 amide bonds. The van der Waals surface area contributed by atoms with Crippen molar-refractivity contribution in [1.29, 1.82) is 0 Å². The van der Waals surface area contributed by atoms with Crippen molar-refractivity contribution in [2.24, 2.45) is 11.8 Å². The molecule has 2 aromatic rings. The Bertz CT molecular complexity index is 703. The molecule has 2 rings (SSSR count). The molecule has 7 heteroatoms. The summed E-state index contributed by atoms with van der Waals surface area (Å²) >= 11 is 1.39. The summed E-state index contributed by atoms with van der Waals surface area (Å²) in [5, 5.41) is 5.15. The van der Waals surface area contributed by atoms with E-state index in [4.69, 9.17) is 4.74 Å². The molecule has 0 aliphatic heterocycles. The summed E-state index contributed by atoms with van der Waals surface area (Å²) < 4.78 is 6.40. The zero-order valence-corrected chi connectivity index (χ0v) is 13.4. The average molecular weight is 309 g/mol. The molecule has 0 bridgehead atoms. The molecule has 0 spiro atoms. The normalized spacial score (nSPS) is 11.5. The highest BCUT2D eigenvalue weighted by Gasteiger charge is 2.12. The van der Waals surface area contributed by atoms with Crippen LogP contribution in [0.5, 0.6) is 0 Å². The van der Waals surface area contributed by atoms with Crippen molar-refractivity contribution in [2.45, 2.75) is 40.7 Å². The largest absolute Gasteiger partial charge is 0.459 e. The third-order valence-electron chi connectivity index (χ3n) is 2.76. The summed E-state index contributed by atoms with van der Waals surface area (Å²) in [7, 11) is 0. The second kappa shape index (κ2) is 6.34. The second-order valence-corrected chi connectivity index (χ2v) is 6.68. The van der Waals surface area contributed by atoms with E-state index < -0.39 is 0 Å². The first-order chi connectivity index (χ1) is 9.86. The zero-order chi connectivity index (χ0) is 15.6. The van der Waals surface area contributed by atoms with Crippen LogP contribution in [0, 0.1) is 11.8 Å². The van der Waals surface area contributed by atoms with Crippen molar-refractivity contribution in [3.05, 3.63) is 27.1 Å². The van der Waals surface area contributed by atoms with Crippen molar-refractivity contribution < 1.29 is 9.53 Å². The van der Waals surface area contributed by atoms with Crippen molar-refractivity contribution in [1.82, 2.24) is 14.6 Å². The molecule has 2 aromatic heterocycles. The molecule has 0 aromatic carbocycles. The van der Waals surface area contributed by atoms with Crippen LogP contribution < -0.4 is 5.56 Å². The number of fused-ring (bicyclic) bond motifs is 1. The van der Waals surface area contributed by atoms with Crippen LogP contribution in [0.2, 0.25) is 0 Å². The topological polar surface area (TPSA) is 73.6 Å². The SMILES string of the molecule is CC(C)Cc1nn2c(=O)cc(COC(=O)C(C)C)nc2s1. The van der Waals surface area contributed by atoms with Crippen molar-refractivity contribution in [3.8, 4) is 0 Å². The Morgan fingerprint density at radius 1 is 1.38 bits per heavy atom. The maximum Gasteiger partial charge on any atom is 0.308 e. The number of carbonyl (C=O) groups excluding carboxylic acids is 1. The molecule has 0 radical (unpaired) electrons. The molecule has 0 aliphatic rings. The lowest BCUT2D eigenvalue weighted by molar-refractivity contribution is -0.148. The van der Waals surface area contributed by atoms with E-state index in [-0.39, 0.29) is 24.1 Å². The first kappa shape index (κ1) is 15.6. The van der Waals surface area contributed by atoms with Crippen LogP contribution in [0.25, 0.3) is 4.96 Å². The number of carbonyl (C=O) groups is 1. The molecule has 0 N–H and O–H groups in total. The molecule has 6 nitrogen and oxygen atoms in total. The molecular formula is C14H19N3O3S. The molecular weight excluding hydrogens is 290 g/mol. The van der Waals surface area contributed by atoms with Crippen molar-refractivity contribution in [3.63, 3.8) is 0 Å². The van der Waals surface area contributed by atoms with Gasteiger partial charge in [-0.15, -0.1) is 0 Å². The quantitative estimate of drug-likeness (QED) is 0.790. The highest BCUT2D eigenvalue weighted by molar-refractivity contribution is 7.16. The van der Waals surface area contributed by atoms with Gasteiger partial charge in [0.1, 0.15) is 11.6 Å². The molecule has 0 fully saturated rings. The Balaban J connectivity index is 2.23. The van der Waals surface area contributed by atoms with Gasteiger partial charge in [0.2, 0.25) is 4.96 Å². The van der Waals surface area contributed by atoms with E-state index in [2.05, 4.69) is 23.9 Å². The summed E-state index contributed by atoms with van der Waals surface area (Å²) in [6, 6.07) is 1.36. The van der Waals surface area contributed by atoms with Gasteiger partial charge in [0, 0.05) is 12.5 Å². The van der Waals surface area contributed by atoms with E-state index >= 15 is 0 Å². The number of ether oxygens (including phenoxy) is 1. The summed E-state index contributed by atoms with van der Waals surface area (Å²) in [5.41, 5.74) is 0.204. The fourth-order valence-electron chi connectivity index (χ4n) is 1.71. The van der Waals surface area contributed by atoms with Gasteiger partial charge in [-0.3, -0.25) is 9.59 Å². The monoisotopic (exact) mass is 309 g/mol. The van der Waals surface area contributed by atoms with Crippen LogP contribution >= 0.6 is 11.3 Å². The van der Waals surface area contributed by atoms with Gasteiger partial charge in [0.05, 0.1) is 11.6 Å². The lowest BCUT2D eigenvalue weighted by Crippen LogP contribution is -2.17. The van der Waals surface area contributed by atoms with Gasteiger partial charge >= 0.3 is 5.97 Å². The molecule has 0 unspecified atom stereocenters. The fraction of sp³-hybridized carbons (Fsp3) is 0.571. The van der Waals surface area contributed by atoms with Crippen LogP contribution in [0.1, 0.15) is 38.4 Å². The first-order valence-electron chi connectivity index (χ1n) is 6.92. The average Bonchev–Trinajstić information content (AvgIpc) is 2.77. The molecule has 0 atom stereocenters. The summed E-state index contributed by atoms with van der Waals surface area (Å²) in [4.78, 5) is 28.3. The van der Waals surface area contributed by atoms with Gasteiger partial charge in [-0.25, -0.2) is 4.98 Å². The van der Waals surface area contributed by atoms with E-state index in [1.165, 1.54) is 21.9 Å². The van der Waals surface area contributed by atoms with E-state index in [0.29, 0.717) is 16.6 Å². The lowest BCUT2D eigenvalue weighted by atomic mass is 10.1. The maximum absolute atomic E-state index is 12.0. The van der Waals surface area contributed by atoms with Crippen LogP contribution in [-0.2, 0) is 22.6 Å². The van der Waals surface area contributed by atoms with Crippen molar-refractivity contribution >= 4 is 22.3 Å². The van der Waals surface area contributed by atoms with Gasteiger partial charge in [-0.2, -0.15) is 9.61 Å². The minimum Gasteiger partial charge on any atom is -0.459 e. The Morgan fingerprint density at radius 2 is 2.10 bits per heavy atom.